The Kier molecular flexibility index (Phi) is 4.05. The predicted molar refractivity (Wildman–Crippen MR) is 82.6 cm³/mol. The maximum absolute atomic E-state index is 12.0. The van der Waals surface area contributed by atoms with E-state index in [1.54, 1.807) is 24.3 Å². The zero-order valence-electron chi connectivity index (χ0n) is 12.1. The fourth-order valence-corrected chi connectivity index (χ4v) is 2.30. The molecule has 1 aliphatic heterocycles. The highest BCUT2D eigenvalue weighted by atomic mass is 16.6. The number of alkyl carbamates (subject to hydrolysis) is 1. The quantitative estimate of drug-likeness (QED) is 0.906. The molecule has 23 heavy (non-hydrogen) atoms. The van der Waals surface area contributed by atoms with Gasteiger partial charge in [-0.15, -0.1) is 0 Å². The molecule has 1 saturated heterocycles. The molecule has 1 fully saturated rings. The summed E-state index contributed by atoms with van der Waals surface area (Å²) in [6.45, 7) is 0. The van der Waals surface area contributed by atoms with E-state index in [2.05, 4.69) is 10.6 Å². The molecule has 2 aromatic carbocycles. The first-order valence-corrected chi connectivity index (χ1v) is 7.07. The lowest BCUT2D eigenvalue weighted by Gasteiger charge is -2.09. The zero-order valence-corrected chi connectivity index (χ0v) is 12.1. The van der Waals surface area contributed by atoms with Crippen molar-refractivity contribution in [2.75, 3.05) is 5.32 Å². The van der Waals surface area contributed by atoms with Gasteiger partial charge in [0, 0.05) is 11.3 Å². The molecule has 6 nitrogen and oxygen atoms in total. The second-order valence-electron chi connectivity index (χ2n) is 5.11. The number of cyclic esters (lactones) is 1. The molecule has 0 aromatic heterocycles. The molecule has 0 spiro atoms. The van der Waals surface area contributed by atoms with Crippen molar-refractivity contribution >= 4 is 23.6 Å². The van der Waals surface area contributed by atoms with Gasteiger partial charge in [-0.25, -0.2) is 4.79 Å². The highest BCUT2D eigenvalue weighted by Crippen LogP contribution is 2.23. The molecular formula is C17H14N2O4. The third kappa shape index (κ3) is 3.55. The van der Waals surface area contributed by atoms with E-state index in [1.165, 1.54) is 0 Å². The van der Waals surface area contributed by atoms with Crippen molar-refractivity contribution in [1.82, 2.24) is 5.32 Å². The van der Waals surface area contributed by atoms with Gasteiger partial charge < -0.3 is 10.1 Å². The first-order chi connectivity index (χ1) is 11.1. The monoisotopic (exact) mass is 310 g/mol. The Hall–Kier alpha value is -3.15. The highest BCUT2D eigenvalue weighted by molar-refractivity contribution is 6.00. The van der Waals surface area contributed by atoms with Crippen molar-refractivity contribution in [2.45, 2.75) is 12.5 Å². The third-order valence-electron chi connectivity index (χ3n) is 3.39. The Morgan fingerprint density at radius 1 is 1.04 bits per heavy atom. The molecule has 6 heteroatoms. The molecule has 1 aliphatic rings. The number of hydrogen-bond acceptors (Lipinski definition) is 4. The van der Waals surface area contributed by atoms with Gasteiger partial charge in [0.05, 0.1) is 6.42 Å². The van der Waals surface area contributed by atoms with E-state index in [0.29, 0.717) is 11.3 Å². The van der Waals surface area contributed by atoms with Gasteiger partial charge in [0.25, 0.3) is 5.91 Å². The van der Waals surface area contributed by atoms with Gasteiger partial charge in [-0.3, -0.25) is 14.9 Å². The third-order valence-corrected chi connectivity index (χ3v) is 3.39. The fraction of sp³-hybridized carbons (Fsp3) is 0.118. The van der Waals surface area contributed by atoms with Crippen LogP contribution < -0.4 is 10.6 Å². The molecule has 3 rings (SSSR count). The Morgan fingerprint density at radius 3 is 2.35 bits per heavy atom. The van der Waals surface area contributed by atoms with Crippen LogP contribution in [0.4, 0.5) is 10.5 Å². The van der Waals surface area contributed by atoms with Gasteiger partial charge in [-0.05, 0) is 17.7 Å². The van der Waals surface area contributed by atoms with Crippen LogP contribution in [0.25, 0.3) is 0 Å². The van der Waals surface area contributed by atoms with Crippen LogP contribution >= 0.6 is 0 Å². The number of amides is 3. The van der Waals surface area contributed by atoms with Gasteiger partial charge in [-0.1, -0.05) is 42.5 Å². The van der Waals surface area contributed by atoms with Crippen LogP contribution in [0.15, 0.2) is 54.6 Å². The summed E-state index contributed by atoms with van der Waals surface area (Å²) in [5.74, 6) is -0.621. The zero-order chi connectivity index (χ0) is 16.2. The van der Waals surface area contributed by atoms with Crippen LogP contribution in [-0.2, 0) is 20.7 Å². The summed E-state index contributed by atoms with van der Waals surface area (Å²) in [5, 5.41) is 4.85. The standard InChI is InChI=1S/C17H14N2O4/c20-14(10-11-4-2-1-3-5-11)18-13-8-6-12(7-9-13)15-16(21)19-17(22)23-15/h1-9,15H,10H2,(H,18,20)(H,19,21,22). The summed E-state index contributed by atoms with van der Waals surface area (Å²) >= 11 is 0. The molecule has 3 amide bonds. The minimum Gasteiger partial charge on any atom is -0.431 e. The number of nitrogens with one attached hydrogen (secondary N) is 2. The van der Waals surface area contributed by atoms with E-state index in [1.807, 2.05) is 30.3 Å². The van der Waals surface area contributed by atoms with E-state index in [4.69, 9.17) is 4.74 Å². The molecule has 116 valence electrons. The molecule has 1 unspecified atom stereocenters. The SMILES string of the molecule is O=C(Cc1ccccc1)Nc1ccc(C2OC(=O)NC2=O)cc1. The van der Waals surface area contributed by atoms with Crippen LogP contribution in [0.2, 0.25) is 0 Å². The summed E-state index contributed by atoms with van der Waals surface area (Å²) < 4.78 is 4.87. The maximum Gasteiger partial charge on any atom is 0.415 e. The van der Waals surface area contributed by atoms with Crippen molar-refractivity contribution in [3.8, 4) is 0 Å². The molecule has 2 aromatic rings. The molecule has 0 saturated carbocycles. The van der Waals surface area contributed by atoms with Crippen LogP contribution in [0.1, 0.15) is 17.2 Å². The second kappa shape index (κ2) is 6.31. The summed E-state index contributed by atoms with van der Waals surface area (Å²) in [6.07, 6.45) is -1.40. The molecule has 1 heterocycles. The van der Waals surface area contributed by atoms with Crippen molar-refractivity contribution in [3.05, 3.63) is 65.7 Å². The smallest absolute Gasteiger partial charge is 0.415 e. The number of carbonyl (C=O) groups excluding carboxylic acids is 3. The summed E-state index contributed by atoms with van der Waals surface area (Å²) in [4.78, 5) is 34.5. The molecule has 0 aliphatic carbocycles. The Bertz CT molecular complexity index is 741. The van der Waals surface area contributed by atoms with E-state index in [0.717, 1.165) is 5.56 Å². The molecule has 0 bridgehead atoms. The summed E-state index contributed by atoms with van der Waals surface area (Å²) in [7, 11) is 0. The van der Waals surface area contributed by atoms with Crippen LogP contribution in [0.3, 0.4) is 0 Å². The number of anilines is 1. The first-order valence-electron chi connectivity index (χ1n) is 7.07. The number of benzene rings is 2. The Labute approximate surface area is 132 Å². The summed E-state index contributed by atoms with van der Waals surface area (Å²) in [5.41, 5.74) is 2.09. The van der Waals surface area contributed by atoms with Gasteiger partial charge in [0.15, 0.2) is 0 Å². The fourth-order valence-electron chi connectivity index (χ4n) is 2.30. The number of imide groups is 1. The molecule has 0 radical (unpaired) electrons. The maximum atomic E-state index is 12.0. The molecular weight excluding hydrogens is 296 g/mol. The normalized spacial score (nSPS) is 16.6. The lowest BCUT2D eigenvalue weighted by Crippen LogP contribution is -2.20. The molecule has 1 atom stereocenters. The van der Waals surface area contributed by atoms with Gasteiger partial charge >= 0.3 is 6.09 Å². The van der Waals surface area contributed by atoms with Crippen LogP contribution in [0, 0.1) is 0 Å². The van der Waals surface area contributed by atoms with Crippen molar-refractivity contribution < 1.29 is 19.1 Å². The number of rotatable bonds is 4. The Morgan fingerprint density at radius 2 is 1.74 bits per heavy atom. The van der Waals surface area contributed by atoms with E-state index in [9.17, 15) is 14.4 Å². The topological polar surface area (TPSA) is 84.5 Å². The minimum atomic E-state index is -0.934. The van der Waals surface area contributed by atoms with Crippen molar-refractivity contribution in [1.29, 1.82) is 0 Å². The highest BCUT2D eigenvalue weighted by Gasteiger charge is 2.33. The van der Waals surface area contributed by atoms with E-state index >= 15 is 0 Å². The van der Waals surface area contributed by atoms with Crippen molar-refractivity contribution in [2.24, 2.45) is 0 Å². The van der Waals surface area contributed by atoms with Crippen molar-refractivity contribution in [3.63, 3.8) is 0 Å². The first kappa shape index (κ1) is 14.8. The van der Waals surface area contributed by atoms with Gasteiger partial charge in [0.1, 0.15) is 0 Å². The Balaban J connectivity index is 1.62. The largest absolute Gasteiger partial charge is 0.431 e. The van der Waals surface area contributed by atoms with Gasteiger partial charge in [0.2, 0.25) is 12.0 Å². The van der Waals surface area contributed by atoms with E-state index in [-0.39, 0.29) is 12.3 Å². The lowest BCUT2D eigenvalue weighted by atomic mass is 10.1. The lowest BCUT2D eigenvalue weighted by molar-refractivity contribution is -0.123. The average molecular weight is 310 g/mol. The minimum absolute atomic E-state index is 0.131. The summed E-state index contributed by atoms with van der Waals surface area (Å²) in [6, 6.07) is 16.0. The number of carbonyl (C=O) groups is 3. The average Bonchev–Trinajstić information content (AvgIpc) is 2.87. The van der Waals surface area contributed by atoms with E-state index < -0.39 is 18.1 Å². The molecule has 2 N–H and O–H groups in total. The van der Waals surface area contributed by atoms with Crippen LogP contribution in [-0.4, -0.2) is 17.9 Å². The number of ether oxygens (including phenoxy) is 1. The van der Waals surface area contributed by atoms with Gasteiger partial charge in [-0.2, -0.15) is 0 Å². The van der Waals surface area contributed by atoms with Crippen LogP contribution in [0.5, 0.6) is 0 Å². The second-order valence-corrected chi connectivity index (χ2v) is 5.11. The number of hydrogen-bond donors (Lipinski definition) is 2. The predicted octanol–water partition coefficient (Wildman–Crippen LogP) is 2.18.